The van der Waals surface area contributed by atoms with E-state index in [-0.39, 0.29) is 27.9 Å². The number of aromatic hydroxyl groups is 1. The van der Waals surface area contributed by atoms with Crippen molar-refractivity contribution in [2.45, 2.75) is 4.90 Å². The Morgan fingerprint density at radius 3 is 2.53 bits per heavy atom. The maximum atomic E-state index is 10.8. The van der Waals surface area contributed by atoms with Gasteiger partial charge in [-0.15, -0.1) is 0 Å². The van der Waals surface area contributed by atoms with Crippen LogP contribution in [0.4, 0.5) is 0 Å². The van der Waals surface area contributed by atoms with Crippen LogP contribution in [0.15, 0.2) is 17.0 Å². The van der Waals surface area contributed by atoms with E-state index in [0.29, 0.717) is 5.52 Å². The van der Waals surface area contributed by atoms with Crippen LogP contribution in [0.25, 0.3) is 11.0 Å². The molecule has 9 heteroatoms. The molecule has 1 aromatic carbocycles. The summed E-state index contributed by atoms with van der Waals surface area (Å²) in [5.41, 5.74) is 0.315. The fourth-order valence-electron chi connectivity index (χ4n) is 1.09. The van der Waals surface area contributed by atoms with Gasteiger partial charge >= 0.3 is 0 Å². The summed E-state index contributed by atoms with van der Waals surface area (Å²) in [6.07, 6.45) is 0. The molecule has 1 radical (unpaired) electrons. The van der Waals surface area contributed by atoms with Gasteiger partial charge in [-0.25, -0.2) is 0 Å². The fraction of sp³-hybridized carbons (Fsp3) is 0. The summed E-state index contributed by atoms with van der Waals surface area (Å²) in [4.78, 5) is -0.584. The molecule has 0 atom stereocenters. The molecule has 2 aromatic rings. The fourth-order valence-corrected chi connectivity index (χ4v) is 1.67. The first-order valence-corrected chi connectivity index (χ1v) is 4.94. The van der Waals surface area contributed by atoms with Gasteiger partial charge in [0.2, 0.25) is 0 Å². The molecule has 1 heterocycles. The first-order chi connectivity index (χ1) is 6.50. The Balaban J connectivity index is 0.00000112. The topological polar surface area (TPSA) is 116 Å². The first kappa shape index (κ1) is 12.1. The van der Waals surface area contributed by atoms with Gasteiger partial charge in [0.15, 0.2) is 11.3 Å². The van der Waals surface area contributed by atoms with E-state index in [4.69, 9.17) is 4.55 Å². The van der Waals surface area contributed by atoms with Gasteiger partial charge < -0.3 is 5.11 Å². The van der Waals surface area contributed by atoms with Gasteiger partial charge in [0.25, 0.3) is 10.1 Å². The summed E-state index contributed by atoms with van der Waals surface area (Å²) in [7, 11) is -4.43. The van der Waals surface area contributed by atoms with Crippen molar-refractivity contribution in [1.82, 2.24) is 15.4 Å². The molecule has 0 saturated carbocycles. The van der Waals surface area contributed by atoms with Crippen LogP contribution >= 0.6 is 0 Å². The molecular formula is C6H5AgN3O4S. The van der Waals surface area contributed by atoms with Gasteiger partial charge in [0.1, 0.15) is 10.4 Å². The van der Waals surface area contributed by atoms with Crippen molar-refractivity contribution >= 4 is 21.2 Å². The van der Waals surface area contributed by atoms with Gasteiger partial charge in [-0.3, -0.25) is 4.55 Å². The molecule has 0 amide bonds. The van der Waals surface area contributed by atoms with Gasteiger partial charge in [-0.1, -0.05) is 0 Å². The number of nitrogens with one attached hydrogen (secondary N) is 1. The number of phenols is 1. The molecule has 2 rings (SSSR count). The minimum atomic E-state index is -4.43. The maximum Gasteiger partial charge on any atom is 0.298 e. The third-order valence-electron chi connectivity index (χ3n) is 1.70. The average Bonchev–Trinajstić information content (AvgIpc) is 2.50. The maximum absolute atomic E-state index is 10.8. The molecule has 0 fully saturated rings. The second-order valence-electron chi connectivity index (χ2n) is 2.58. The summed E-state index contributed by atoms with van der Waals surface area (Å²) >= 11 is 0. The van der Waals surface area contributed by atoms with E-state index >= 15 is 0 Å². The number of aromatic nitrogens is 3. The average molecular weight is 323 g/mol. The number of aromatic amines is 1. The first-order valence-electron chi connectivity index (χ1n) is 3.50. The van der Waals surface area contributed by atoms with E-state index in [2.05, 4.69) is 15.4 Å². The molecule has 0 aliphatic carbocycles. The van der Waals surface area contributed by atoms with Crippen molar-refractivity contribution in [3.05, 3.63) is 12.1 Å². The van der Waals surface area contributed by atoms with E-state index in [1.54, 1.807) is 0 Å². The number of hydrogen-bond donors (Lipinski definition) is 3. The smallest absolute Gasteiger partial charge is 0.298 e. The van der Waals surface area contributed by atoms with Crippen LogP contribution in [0.1, 0.15) is 0 Å². The summed E-state index contributed by atoms with van der Waals surface area (Å²) < 4.78 is 30.2. The van der Waals surface area contributed by atoms with E-state index in [9.17, 15) is 13.5 Å². The number of fused-ring (bicyclic) bond motifs is 1. The summed E-state index contributed by atoms with van der Waals surface area (Å²) in [5.74, 6) is -0.612. The Bertz CT molecular complexity index is 593. The van der Waals surface area contributed by atoms with Crippen LogP contribution in [0.5, 0.6) is 5.75 Å². The molecule has 0 bridgehead atoms. The molecule has 15 heavy (non-hydrogen) atoms. The Morgan fingerprint density at radius 1 is 1.27 bits per heavy atom. The molecule has 0 spiro atoms. The van der Waals surface area contributed by atoms with Crippen LogP contribution in [-0.4, -0.2) is 33.5 Å². The van der Waals surface area contributed by atoms with Crippen molar-refractivity contribution < 1.29 is 40.5 Å². The molecule has 85 valence electrons. The summed E-state index contributed by atoms with van der Waals surface area (Å²) in [6, 6.07) is 2.37. The van der Waals surface area contributed by atoms with Crippen molar-refractivity contribution in [3.63, 3.8) is 0 Å². The van der Waals surface area contributed by atoms with Crippen LogP contribution in [0.2, 0.25) is 0 Å². The van der Waals surface area contributed by atoms with E-state index in [1.165, 1.54) is 6.07 Å². The zero-order chi connectivity index (χ0) is 10.3. The van der Waals surface area contributed by atoms with Crippen molar-refractivity contribution in [2.24, 2.45) is 0 Å². The monoisotopic (exact) mass is 322 g/mol. The zero-order valence-electron chi connectivity index (χ0n) is 6.97. The molecule has 3 N–H and O–H groups in total. The molecular weight excluding hydrogens is 318 g/mol. The van der Waals surface area contributed by atoms with Crippen molar-refractivity contribution in [3.8, 4) is 5.75 Å². The Hall–Kier alpha value is -0.930. The minimum Gasteiger partial charge on any atom is -0.504 e. The summed E-state index contributed by atoms with van der Waals surface area (Å²) in [6.45, 7) is 0. The third kappa shape index (κ3) is 2.03. The molecule has 7 nitrogen and oxygen atoms in total. The molecule has 0 aliphatic heterocycles. The van der Waals surface area contributed by atoms with Crippen LogP contribution in [0.3, 0.4) is 0 Å². The van der Waals surface area contributed by atoms with E-state index in [1.807, 2.05) is 0 Å². The van der Waals surface area contributed by atoms with Crippen LogP contribution in [-0.2, 0) is 32.5 Å². The zero-order valence-corrected chi connectivity index (χ0v) is 9.27. The summed E-state index contributed by atoms with van der Waals surface area (Å²) in [5, 5.41) is 18.8. The molecule has 0 aliphatic rings. The number of benzene rings is 1. The van der Waals surface area contributed by atoms with Crippen molar-refractivity contribution in [1.29, 1.82) is 0 Å². The standard InChI is InChI=1S/C6H5N3O4S.Ag/c10-6-4(14(11,12)13)2-1-3-5(6)8-9-7-3;/h1-2,10H,(H,7,8,9)(H,11,12,13);. The second kappa shape index (κ2) is 3.91. The van der Waals surface area contributed by atoms with E-state index < -0.39 is 20.8 Å². The van der Waals surface area contributed by atoms with Gasteiger partial charge in [-0.2, -0.15) is 23.8 Å². The molecule has 0 unspecified atom stereocenters. The normalized spacial score (nSPS) is 11.3. The van der Waals surface area contributed by atoms with Crippen LogP contribution < -0.4 is 0 Å². The Morgan fingerprint density at radius 2 is 1.93 bits per heavy atom. The van der Waals surface area contributed by atoms with E-state index in [0.717, 1.165) is 6.07 Å². The molecule has 1 aromatic heterocycles. The number of phenolic OH excluding ortho intramolecular Hbond substituents is 1. The van der Waals surface area contributed by atoms with Gasteiger partial charge in [0.05, 0.1) is 0 Å². The van der Waals surface area contributed by atoms with Gasteiger partial charge in [-0.05, 0) is 12.1 Å². The Kier molecular flexibility index (Phi) is 3.16. The largest absolute Gasteiger partial charge is 0.504 e. The molecule has 0 saturated heterocycles. The second-order valence-corrected chi connectivity index (χ2v) is 3.97. The predicted octanol–water partition coefficient (Wildman–Crippen LogP) is -0.0923. The third-order valence-corrected chi connectivity index (χ3v) is 2.59. The number of hydrogen-bond acceptors (Lipinski definition) is 5. The van der Waals surface area contributed by atoms with Crippen LogP contribution in [0, 0.1) is 0 Å². The minimum absolute atomic E-state index is 0. The number of rotatable bonds is 1. The quantitative estimate of drug-likeness (QED) is 0.499. The van der Waals surface area contributed by atoms with Crippen molar-refractivity contribution in [2.75, 3.05) is 0 Å². The van der Waals surface area contributed by atoms with Gasteiger partial charge in [0, 0.05) is 22.4 Å². The number of nitrogens with zero attached hydrogens (tertiary/aromatic N) is 2. The SMILES string of the molecule is O=S(=O)(O)c1ccc2n[nH]nc2c1O.[Ag]. The predicted molar refractivity (Wildman–Crippen MR) is 45.4 cm³/mol. The number of H-pyrrole nitrogens is 1. The Labute approximate surface area is 99.8 Å².